The Morgan fingerprint density at radius 3 is 1.48 bits per heavy atom. The molecular weight excluding hydrogens is 433 g/mol. The molecule has 0 aromatic heterocycles. The molecule has 0 heterocycles. The van der Waals surface area contributed by atoms with Crippen molar-refractivity contribution in [3.8, 4) is 0 Å². The van der Waals surface area contributed by atoms with Crippen LogP contribution in [0.25, 0.3) is 10.8 Å². The summed E-state index contributed by atoms with van der Waals surface area (Å²) in [6.45, 7) is 4.39. The summed E-state index contributed by atoms with van der Waals surface area (Å²) in [6.07, 6.45) is 0. The first-order valence-electron chi connectivity index (χ1n) is 10.9. The zero-order chi connectivity index (χ0) is 21.3. The molecule has 0 aliphatic rings. The Morgan fingerprint density at radius 1 is 0.419 bits per heavy atom. The fourth-order valence-electron chi connectivity index (χ4n) is 4.92. The maximum atomic E-state index is 2.41. The van der Waals surface area contributed by atoms with Crippen LogP contribution >= 0.6 is 0 Å². The van der Waals surface area contributed by atoms with Gasteiger partial charge in [-0.2, -0.15) is 0 Å². The van der Waals surface area contributed by atoms with Gasteiger partial charge in [0.15, 0.2) is 0 Å². The van der Waals surface area contributed by atoms with Gasteiger partial charge in [0.25, 0.3) is 0 Å². The molecule has 0 aliphatic heterocycles. The molecule has 5 aromatic carbocycles. The van der Waals surface area contributed by atoms with Crippen LogP contribution in [0.1, 0.15) is 11.1 Å². The Labute approximate surface area is 187 Å². The summed E-state index contributed by atoms with van der Waals surface area (Å²) >= 11 is -3.24. The van der Waals surface area contributed by atoms with E-state index in [4.69, 9.17) is 0 Å². The summed E-state index contributed by atoms with van der Waals surface area (Å²) in [5.74, 6) is 0. The summed E-state index contributed by atoms with van der Waals surface area (Å²) in [5.41, 5.74) is 2.63. The molecule has 5 aromatic rings. The van der Waals surface area contributed by atoms with Crippen LogP contribution in [0.15, 0.2) is 121 Å². The van der Waals surface area contributed by atoms with E-state index in [9.17, 15) is 0 Å². The van der Waals surface area contributed by atoms with Crippen molar-refractivity contribution in [3.63, 3.8) is 0 Å². The second kappa shape index (κ2) is 8.21. The van der Waals surface area contributed by atoms with Crippen LogP contribution in [0, 0.1) is 13.8 Å². The first kappa shape index (κ1) is 19.8. The predicted octanol–water partition coefficient (Wildman–Crippen LogP) is 4.83. The average Bonchev–Trinajstić information content (AvgIpc) is 2.83. The predicted molar refractivity (Wildman–Crippen MR) is 137 cm³/mol. The van der Waals surface area contributed by atoms with Gasteiger partial charge in [-0.05, 0) is 0 Å². The number of hydrogen-bond acceptors (Lipinski definition) is 0. The van der Waals surface area contributed by atoms with Gasteiger partial charge in [0.2, 0.25) is 0 Å². The number of benzene rings is 5. The minimum absolute atomic E-state index is 1.30. The maximum absolute atomic E-state index is 3.24. The molecular formula is C30H26Ge. The Bertz CT molecular complexity index is 1280. The number of fused-ring (bicyclic) bond motifs is 1. The molecule has 0 N–H and O–H groups in total. The molecule has 0 nitrogen and oxygen atoms in total. The topological polar surface area (TPSA) is 0 Å². The third-order valence-electron chi connectivity index (χ3n) is 6.44. The van der Waals surface area contributed by atoms with Crippen molar-refractivity contribution in [3.05, 3.63) is 132 Å². The molecule has 31 heavy (non-hydrogen) atoms. The molecule has 0 fully saturated rings. The van der Waals surface area contributed by atoms with Gasteiger partial charge < -0.3 is 0 Å². The third kappa shape index (κ3) is 3.32. The Balaban J connectivity index is 1.99. The van der Waals surface area contributed by atoms with Crippen LogP contribution in [-0.4, -0.2) is 13.3 Å². The van der Waals surface area contributed by atoms with E-state index in [1.165, 1.54) is 39.5 Å². The summed E-state index contributed by atoms with van der Waals surface area (Å²) < 4.78 is 5.90. The van der Waals surface area contributed by atoms with E-state index in [-0.39, 0.29) is 0 Å². The van der Waals surface area contributed by atoms with Crippen LogP contribution in [0.4, 0.5) is 0 Å². The van der Waals surface area contributed by atoms with Crippen molar-refractivity contribution >= 4 is 41.6 Å². The molecule has 0 saturated heterocycles. The number of rotatable bonds is 4. The van der Waals surface area contributed by atoms with Crippen LogP contribution in [0.3, 0.4) is 0 Å². The van der Waals surface area contributed by atoms with Crippen molar-refractivity contribution in [2.75, 3.05) is 0 Å². The fourth-order valence-corrected chi connectivity index (χ4v) is 15.3. The molecule has 0 radical (unpaired) electrons. The summed E-state index contributed by atoms with van der Waals surface area (Å²) in [7, 11) is 0. The molecule has 0 amide bonds. The second-order valence-electron chi connectivity index (χ2n) is 8.32. The van der Waals surface area contributed by atoms with Crippen molar-refractivity contribution in [1.82, 2.24) is 0 Å². The molecule has 0 bridgehead atoms. The van der Waals surface area contributed by atoms with Gasteiger partial charge in [-0.3, -0.25) is 0 Å². The Kier molecular flexibility index (Phi) is 5.25. The van der Waals surface area contributed by atoms with E-state index in [1.54, 1.807) is 0 Å². The quantitative estimate of drug-likeness (QED) is 0.338. The molecule has 1 heteroatoms. The van der Waals surface area contributed by atoms with Gasteiger partial charge in [0.05, 0.1) is 0 Å². The van der Waals surface area contributed by atoms with Gasteiger partial charge in [-0.25, -0.2) is 0 Å². The van der Waals surface area contributed by atoms with Crippen LogP contribution in [0.5, 0.6) is 0 Å². The normalized spacial score (nSPS) is 11.5. The molecule has 5 rings (SSSR count). The average molecular weight is 459 g/mol. The van der Waals surface area contributed by atoms with E-state index in [1.807, 2.05) is 0 Å². The Hall–Kier alpha value is -3.10. The molecule has 0 unspecified atom stereocenters. The Morgan fingerprint density at radius 2 is 0.903 bits per heavy atom. The van der Waals surface area contributed by atoms with E-state index in [0.29, 0.717) is 0 Å². The van der Waals surface area contributed by atoms with E-state index < -0.39 is 13.3 Å². The summed E-state index contributed by atoms with van der Waals surface area (Å²) in [5, 5.41) is 2.74. The van der Waals surface area contributed by atoms with Crippen LogP contribution < -0.4 is 17.6 Å². The first-order chi connectivity index (χ1) is 15.2. The van der Waals surface area contributed by atoms with E-state index in [0.717, 1.165) is 0 Å². The molecule has 0 aliphatic carbocycles. The van der Waals surface area contributed by atoms with Gasteiger partial charge in [-0.15, -0.1) is 0 Å². The number of hydrogen-bond donors (Lipinski definition) is 0. The van der Waals surface area contributed by atoms with Crippen LogP contribution in [0.2, 0.25) is 0 Å². The summed E-state index contributed by atoms with van der Waals surface area (Å²) in [4.78, 5) is 0. The zero-order valence-electron chi connectivity index (χ0n) is 18.0. The molecule has 0 saturated carbocycles. The van der Waals surface area contributed by atoms with Crippen LogP contribution in [-0.2, 0) is 0 Å². The van der Waals surface area contributed by atoms with Crippen molar-refractivity contribution in [2.24, 2.45) is 0 Å². The SMILES string of the molecule is Cc1cc[c]([Ge]([c]2ccccc2)([c]2ccccc2)[c]2ccc(C)c3ccccc23)cc1. The van der Waals surface area contributed by atoms with Crippen molar-refractivity contribution < 1.29 is 0 Å². The molecule has 150 valence electrons. The van der Waals surface area contributed by atoms with Gasteiger partial charge in [-0.1, -0.05) is 0 Å². The number of aryl methyl sites for hydroxylation is 2. The summed E-state index contributed by atoms with van der Waals surface area (Å²) in [6, 6.07) is 45.4. The van der Waals surface area contributed by atoms with Gasteiger partial charge >= 0.3 is 188 Å². The first-order valence-corrected chi connectivity index (χ1v) is 15.1. The second-order valence-corrected chi connectivity index (χ2v) is 16.2. The van der Waals surface area contributed by atoms with E-state index >= 15 is 0 Å². The van der Waals surface area contributed by atoms with Crippen molar-refractivity contribution in [2.45, 2.75) is 13.8 Å². The minimum atomic E-state index is -3.24. The standard InChI is InChI=1S/C30H26Ge/c1-23-17-20-27(21-18-23)31(25-11-5-3-6-12-25,26-13-7-4-8-14-26)30-22-19-24(2)28-15-9-10-16-29(28)30/h3-22H,1-2H3. The third-order valence-corrected chi connectivity index (χ3v) is 16.6. The van der Waals surface area contributed by atoms with Crippen molar-refractivity contribution in [1.29, 1.82) is 0 Å². The molecule has 0 spiro atoms. The van der Waals surface area contributed by atoms with E-state index in [2.05, 4.69) is 135 Å². The molecule has 0 atom stereocenters. The van der Waals surface area contributed by atoms with Gasteiger partial charge in [0.1, 0.15) is 0 Å². The monoisotopic (exact) mass is 460 g/mol. The van der Waals surface area contributed by atoms with Gasteiger partial charge in [0, 0.05) is 0 Å². The zero-order valence-corrected chi connectivity index (χ0v) is 20.1. The fraction of sp³-hybridized carbons (Fsp3) is 0.0667.